The summed E-state index contributed by atoms with van der Waals surface area (Å²) in [6.07, 6.45) is 0.731. The predicted molar refractivity (Wildman–Crippen MR) is 77.6 cm³/mol. The third-order valence-corrected chi connectivity index (χ3v) is 2.73. The minimum atomic E-state index is -0.996. The molecule has 0 radical (unpaired) electrons. The molecule has 0 saturated heterocycles. The lowest BCUT2D eigenvalue weighted by Crippen LogP contribution is -2.45. The number of benzene rings is 1. The van der Waals surface area contributed by atoms with Crippen LogP contribution in [-0.2, 0) is 11.2 Å². The number of urea groups is 1. The number of carbonyl (C=O) groups excluding carboxylic acids is 1. The Labute approximate surface area is 119 Å². The molecule has 0 bridgehead atoms. The Bertz CT molecular complexity index is 432. The zero-order valence-electron chi connectivity index (χ0n) is 12.0. The van der Waals surface area contributed by atoms with Crippen molar-refractivity contribution in [3.05, 3.63) is 35.9 Å². The fourth-order valence-electron chi connectivity index (χ4n) is 1.89. The fraction of sp³-hybridized carbons (Fsp3) is 0.467. The maximum atomic E-state index is 12.0. The summed E-state index contributed by atoms with van der Waals surface area (Å²) in [7, 11) is 0. The fourth-order valence-corrected chi connectivity index (χ4v) is 1.89. The van der Waals surface area contributed by atoms with Crippen LogP contribution in [0.4, 0.5) is 4.79 Å². The van der Waals surface area contributed by atoms with Crippen LogP contribution in [0.3, 0.4) is 0 Å². The molecule has 5 nitrogen and oxygen atoms in total. The van der Waals surface area contributed by atoms with Gasteiger partial charge in [0.25, 0.3) is 0 Å². The Kier molecular flexibility index (Phi) is 6.56. The quantitative estimate of drug-likeness (QED) is 0.801. The third kappa shape index (κ3) is 6.22. The van der Waals surface area contributed by atoms with Crippen LogP contribution in [0, 0.1) is 5.92 Å². The molecule has 0 aliphatic heterocycles. The molecule has 0 atom stereocenters. The summed E-state index contributed by atoms with van der Waals surface area (Å²) in [5.74, 6) is -0.766. The van der Waals surface area contributed by atoms with Gasteiger partial charge in [0.2, 0.25) is 0 Å². The van der Waals surface area contributed by atoms with Gasteiger partial charge >= 0.3 is 12.0 Å². The number of nitrogens with zero attached hydrogens (tertiary/aromatic N) is 1. The molecular formula is C15H22N2O3. The maximum Gasteiger partial charge on any atom is 0.323 e. The summed E-state index contributed by atoms with van der Waals surface area (Å²) >= 11 is 0. The van der Waals surface area contributed by atoms with Crippen LogP contribution in [0.2, 0.25) is 0 Å². The van der Waals surface area contributed by atoms with Crippen molar-refractivity contribution in [2.75, 3.05) is 19.6 Å². The van der Waals surface area contributed by atoms with Gasteiger partial charge in [-0.2, -0.15) is 0 Å². The van der Waals surface area contributed by atoms with E-state index in [-0.39, 0.29) is 18.5 Å². The van der Waals surface area contributed by atoms with E-state index < -0.39 is 5.97 Å². The lowest BCUT2D eigenvalue weighted by atomic mass is 10.1. The van der Waals surface area contributed by atoms with E-state index in [9.17, 15) is 9.59 Å². The zero-order chi connectivity index (χ0) is 15.0. The van der Waals surface area contributed by atoms with Crippen molar-refractivity contribution in [3.8, 4) is 0 Å². The van der Waals surface area contributed by atoms with Gasteiger partial charge in [-0.15, -0.1) is 0 Å². The molecule has 1 aromatic rings. The largest absolute Gasteiger partial charge is 0.480 e. The number of hydrogen-bond acceptors (Lipinski definition) is 2. The molecule has 1 rings (SSSR count). The Morgan fingerprint density at radius 2 is 1.90 bits per heavy atom. The lowest BCUT2D eigenvalue weighted by Gasteiger charge is -2.23. The van der Waals surface area contributed by atoms with E-state index in [1.54, 1.807) is 0 Å². The number of amides is 2. The molecule has 0 saturated carbocycles. The van der Waals surface area contributed by atoms with Gasteiger partial charge < -0.3 is 15.3 Å². The predicted octanol–water partition coefficient (Wildman–Crippen LogP) is 1.98. The second kappa shape index (κ2) is 8.19. The van der Waals surface area contributed by atoms with E-state index in [1.807, 2.05) is 44.2 Å². The SMILES string of the molecule is CC(C)CN(CC(=O)O)C(=O)NCCc1ccccc1. The number of carboxylic acids is 1. The van der Waals surface area contributed by atoms with E-state index in [2.05, 4.69) is 5.32 Å². The Morgan fingerprint density at radius 3 is 2.45 bits per heavy atom. The third-order valence-electron chi connectivity index (χ3n) is 2.73. The van der Waals surface area contributed by atoms with Gasteiger partial charge in [0, 0.05) is 13.1 Å². The highest BCUT2D eigenvalue weighted by molar-refractivity contribution is 5.80. The van der Waals surface area contributed by atoms with Crippen LogP contribution < -0.4 is 5.32 Å². The van der Waals surface area contributed by atoms with Crippen LogP contribution >= 0.6 is 0 Å². The molecule has 2 amide bonds. The summed E-state index contributed by atoms with van der Waals surface area (Å²) < 4.78 is 0. The minimum absolute atomic E-state index is 0.231. The molecule has 0 fully saturated rings. The van der Waals surface area contributed by atoms with Crippen molar-refractivity contribution in [3.63, 3.8) is 0 Å². The van der Waals surface area contributed by atoms with Gasteiger partial charge in [-0.3, -0.25) is 4.79 Å². The first-order valence-corrected chi connectivity index (χ1v) is 6.77. The van der Waals surface area contributed by atoms with Gasteiger partial charge in [-0.05, 0) is 17.9 Å². The maximum absolute atomic E-state index is 12.0. The molecule has 0 spiro atoms. The van der Waals surface area contributed by atoms with Gasteiger partial charge in [0.1, 0.15) is 6.54 Å². The molecule has 5 heteroatoms. The van der Waals surface area contributed by atoms with Crippen LogP contribution in [-0.4, -0.2) is 41.6 Å². The van der Waals surface area contributed by atoms with E-state index >= 15 is 0 Å². The van der Waals surface area contributed by atoms with Crippen molar-refractivity contribution < 1.29 is 14.7 Å². The molecular weight excluding hydrogens is 256 g/mol. The van der Waals surface area contributed by atoms with Crippen LogP contribution in [0.1, 0.15) is 19.4 Å². The van der Waals surface area contributed by atoms with Crippen LogP contribution in [0.5, 0.6) is 0 Å². The highest BCUT2D eigenvalue weighted by Crippen LogP contribution is 2.01. The molecule has 0 aliphatic carbocycles. The van der Waals surface area contributed by atoms with Crippen molar-refractivity contribution in [1.29, 1.82) is 0 Å². The first-order chi connectivity index (χ1) is 9.49. The highest BCUT2D eigenvalue weighted by atomic mass is 16.4. The van der Waals surface area contributed by atoms with Crippen molar-refractivity contribution in [2.24, 2.45) is 5.92 Å². The number of nitrogens with one attached hydrogen (secondary N) is 1. The molecule has 2 N–H and O–H groups in total. The summed E-state index contributed by atoms with van der Waals surface area (Å²) in [4.78, 5) is 24.1. The normalized spacial score (nSPS) is 10.3. The second-order valence-electron chi connectivity index (χ2n) is 5.14. The van der Waals surface area contributed by atoms with Crippen molar-refractivity contribution in [2.45, 2.75) is 20.3 Å². The molecule has 0 aromatic heterocycles. The molecule has 0 heterocycles. The van der Waals surface area contributed by atoms with Gasteiger partial charge in [-0.25, -0.2) is 4.79 Å². The average molecular weight is 278 g/mol. The molecule has 20 heavy (non-hydrogen) atoms. The Morgan fingerprint density at radius 1 is 1.25 bits per heavy atom. The zero-order valence-corrected chi connectivity index (χ0v) is 12.0. The van der Waals surface area contributed by atoms with E-state index in [4.69, 9.17) is 5.11 Å². The minimum Gasteiger partial charge on any atom is -0.480 e. The van der Waals surface area contributed by atoms with Crippen LogP contribution in [0.25, 0.3) is 0 Å². The summed E-state index contributed by atoms with van der Waals surface area (Å²) in [6, 6.07) is 9.51. The van der Waals surface area contributed by atoms with E-state index in [0.717, 1.165) is 12.0 Å². The number of aliphatic carboxylic acids is 1. The number of rotatable bonds is 7. The Hall–Kier alpha value is -2.04. The molecule has 1 aromatic carbocycles. The second-order valence-corrected chi connectivity index (χ2v) is 5.14. The van der Waals surface area contributed by atoms with E-state index in [1.165, 1.54) is 4.90 Å². The first-order valence-electron chi connectivity index (χ1n) is 6.77. The van der Waals surface area contributed by atoms with E-state index in [0.29, 0.717) is 13.1 Å². The first kappa shape index (κ1) is 16.0. The summed E-state index contributed by atoms with van der Waals surface area (Å²) in [5, 5.41) is 11.6. The van der Waals surface area contributed by atoms with Gasteiger partial charge in [-0.1, -0.05) is 44.2 Å². The van der Waals surface area contributed by atoms with Crippen molar-refractivity contribution >= 4 is 12.0 Å². The summed E-state index contributed by atoms with van der Waals surface area (Å²) in [6.45, 7) is 4.56. The number of carboxylic acid groups (broad SMARTS) is 1. The van der Waals surface area contributed by atoms with Gasteiger partial charge in [0.15, 0.2) is 0 Å². The topological polar surface area (TPSA) is 69.6 Å². The molecule has 0 aliphatic rings. The Balaban J connectivity index is 2.43. The summed E-state index contributed by atoms with van der Waals surface area (Å²) in [5.41, 5.74) is 1.14. The molecule has 0 unspecified atom stereocenters. The smallest absolute Gasteiger partial charge is 0.323 e. The van der Waals surface area contributed by atoms with Crippen molar-refractivity contribution in [1.82, 2.24) is 10.2 Å². The lowest BCUT2D eigenvalue weighted by molar-refractivity contribution is -0.137. The van der Waals surface area contributed by atoms with Gasteiger partial charge in [0.05, 0.1) is 0 Å². The number of hydrogen-bond donors (Lipinski definition) is 2. The van der Waals surface area contributed by atoms with Crippen LogP contribution in [0.15, 0.2) is 30.3 Å². The monoisotopic (exact) mass is 278 g/mol. The standard InChI is InChI=1S/C15H22N2O3/c1-12(2)10-17(11-14(18)19)15(20)16-9-8-13-6-4-3-5-7-13/h3-7,12H,8-11H2,1-2H3,(H,16,20)(H,18,19). The average Bonchev–Trinajstić information content (AvgIpc) is 2.38. The number of carbonyl (C=O) groups is 2. The highest BCUT2D eigenvalue weighted by Gasteiger charge is 2.17. The molecule has 110 valence electrons.